The number of methoxy groups -OCH3 is 1. The van der Waals surface area contributed by atoms with Gasteiger partial charge in [-0.2, -0.15) is 0 Å². The summed E-state index contributed by atoms with van der Waals surface area (Å²) in [4.78, 5) is 0. The molecule has 0 heterocycles. The van der Waals surface area contributed by atoms with Gasteiger partial charge in [0.25, 0.3) is 0 Å². The number of benzene rings is 1. The van der Waals surface area contributed by atoms with Crippen molar-refractivity contribution in [2.75, 3.05) is 20.3 Å². The Morgan fingerprint density at radius 3 is 2.25 bits per heavy atom. The van der Waals surface area contributed by atoms with Gasteiger partial charge in [-0.1, -0.05) is 37.3 Å². The van der Waals surface area contributed by atoms with E-state index in [2.05, 4.69) is 63.3 Å². The Hall–Kier alpha value is -0.860. The molecule has 20 heavy (non-hydrogen) atoms. The lowest BCUT2D eigenvalue weighted by molar-refractivity contribution is 0.178. The lowest BCUT2D eigenvalue weighted by atomic mass is 9.74. The summed E-state index contributed by atoms with van der Waals surface area (Å²) in [7, 11) is 1.78. The molecule has 0 aliphatic rings. The second-order valence-electron chi connectivity index (χ2n) is 6.70. The highest BCUT2D eigenvalue weighted by Gasteiger charge is 2.30. The molecule has 0 spiro atoms. The van der Waals surface area contributed by atoms with Crippen LogP contribution in [0.25, 0.3) is 0 Å². The molecule has 114 valence electrons. The Morgan fingerprint density at radius 1 is 1.10 bits per heavy atom. The van der Waals surface area contributed by atoms with Crippen molar-refractivity contribution in [2.45, 2.75) is 57.9 Å². The zero-order valence-corrected chi connectivity index (χ0v) is 13.8. The van der Waals surface area contributed by atoms with E-state index >= 15 is 0 Å². The average Bonchev–Trinajstić information content (AvgIpc) is 2.43. The predicted octanol–water partition coefficient (Wildman–Crippen LogP) is 4.15. The van der Waals surface area contributed by atoms with Crippen LogP contribution >= 0.6 is 0 Å². The van der Waals surface area contributed by atoms with Crippen LogP contribution in [0.4, 0.5) is 0 Å². The fourth-order valence-electron chi connectivity index (χ4n) is 2.62. The van der Waals surface area contributed by atoms with Gasteiger partial charge in [-0.25, -0.2) is 0 Å². The van der Waals surface area contributed by atoms with E-state index in [4.69, 9.17) is 4.74 Å². The van der Waals surface area contributed by atoms with Crippen LogP contribution in [0.5, 0.6) is 0 Å². The minimum Gasteiger partial charge on any atom is -0.385 e. The maximum atomic E-state index is 5.24. The van der Waals surface area contributed by atoms with Crippen molar-refractivity contribution in [3.05, 3.63) is 35.9 Å². The van der Waals surface area contributed by atoms with Gasteiger partial charge in [0, 0.05) is 31.2 Å². The molecule has 2 heteroatoms. The third kappa shape index (κ3) is 5.26. The second kappa shape index (κ2) is 7.80. The molecule has 1 aromatic rings. The molecule has 0 saturated carbocycles. The third-order valence-electron chi connectivity index (χ3n) is 4.02. The first-order valence-corrected chi connectivity index (χ1v) is 7.73. The van der Waals surface area contributed by atoms with Crippen LogP contribution < -0.4 is 5.32 Å². The van der Waals surface area contributed by atoms with Gasteiger partial charge < -0.3 is 10.1 Å². The van der Waals surface area contributed by atoms with Gasteiger partial charge in [-0.3, -0.25) is 0 Å². The van der Waals surface area contributed by atoms with Crippen LogP contribution in [0.3, 0.4) is 0 Å². The summed E-state index contributed by atoms with van der Waals surface area (Å²) in [6.07, 6.45) is 3.40. The second-order valence-corrected chi connectivity index (χ2v) is 6.70. The minimum absolute atomic E-state index is 0.149. The number of rotatable bonds is 8. The first kappa shape index (κ1) is 17.2. The molecule has 1 N–H and O–H groups in total. The standard InChI is InChI=1S/C18H31NO/c1-6-18(13-10-14-20-5,15-19-17(2,3)4)16-11-8-7-9-12-16/h7-9,11-12,19H,6,10,13-15H2,1-5H3. The zero-order chi connectivity index (χ0) is 15.1. The largest absolute Gasteiger partial charge is 0.385 e. The highest BCUT2D eigenvalue weighted by molar-refractivity contribution is 5.26. The molecular weight excluding hydrogens is 246 g/mol. The molecule has 0 aliphatic carbocycles. The topological polar surface area (TPSA) is 21.3 Å². The van der Waals surface area contributed by atoms with E-state index in [1.54, 1.807) is 7.11 Å². The number of nitrogens with one attached hydrogen (secondary N) is 1. The Kier molecular flexibility index (Phi) is 6.70. The van der Waals surface area contributed by atoms with Crippen LogP contribution in [-0.4, -0.2) is 25.8 Å². The quantitative estimate of drug-likeness (QED) is 0.721. The van der Waals surface area contributed by atoms with Crippen molar-refractivity contribution in [2.24, 2.45) is 0 Å². The molecule has 1 aromatic carbocycles. The molecule has 0 fully saturated rings. The SMILES string of the molecule is CCC(CCCOC)(CNC(C)(C)C)c1ccccc1. The Labute approximate surface area is 124 Å². The molecular formula is C18H31NO. The first-order valence-electron chi connectivity index (χ1n) is 7.73. The highest BCUT2D eigenvalue weighted by atomic mass is 16.5. The summed E-state index contributed by atoms with van der Waals surface area (Å²) < 4.78 is 5.24. The van der Waals surface area contributed by atoms with Crippen LogP contribution in [0.1, 0.15) is 52.5 Å². The summed E-state index contributed by atoms with van der Waals surface area (Å²) in [6.45, 7) is 10.8. The van der Waals surface area contributed by atoms with Gasteiger partial charge in [-0.15, -0.1) is 0 Å². The Bertz CT molecular complexity index is 369. The van der Waals surface area contributed by atoms with Crippen LogP contribution in [0, 0.1) is 0 Å². The molecule has 1 rings (SSSR count). The molecule has 0 radical (unpaired) electrons. The monoisotopic (exact) mass is 277 g/mol. The number of ether oxygens (including phenoxy) is 1. The molecule has 0 saturated heterocycles. The lowest BCUT2D eigenvalue weighted by Crippen LogP contribution is -2.46. The maximum absolute atomic E-state index is 5.24. The van der Waals surface area contributed by atoms with Crippen molar-refractivity contribution in [1.29, 1.82) is 0 Å². The summed E-state index contributed by atoms with van der Waals surface area (Å²) in [5, 5.41) is 3.70. The number of hydrogen-bond donors (Lipinski definition) is 1. The minimum atomic E-state index is 0.149. The van der Waals surface area contributed by atoms with Crippen molar-refractivity contribution in [3.8, 4) is 0 Å². The van der Waals surface area contributed by atoms with Gasteiger partial charge >= 0.3 is 0 Å². The van der Waals surface area contributed by atoms with E-state index in [-0.39, 0.29) is 11.0 Å². The van der Waals surface area contributed by atoms with Gasteiger partial charge in [-0.05, 0) is 45.6 Å². The zero-order valence-electron chi connectivity index (χ0n) is 13.8. The number of hydrogen-bond acceptors (Lipinski definition) is 2. The third-order valence-corrected chi connectivity index (χ3v) is 4.02. The summed E-state index contributed by atoms with van der Waals surface area (Å²) in [5.41, 5.74) is 1.79. The average molecular weight is 277 g/mol. The van der Waals surface area contributed by atoms with Crippen LogP contribution in [-0.2, 0) is 10.2 Å². The van der Waals surface area contributed by atoms with E-state index in [1.165, 1.54) is 5.56 Å². The van der Waals surface area contributed by atoms with Crippen molar-refractivity contribution >= 4 is 0 Å². The van der Waals surface area contributed by atoms with Crippen molar-refractivity contribution < 1.29 is 4.74 Å². The van der Waals surface area contributed by atoms with Gasteiger partial charge in [0.1, 0.15) is 0 Å². The molecule has 0 aliphatic heterocycles. The van der Waals surface area contributed by atoms with Gasteiger partial charge in [0.05, 0.1) is 0 Å². The molecule has 0 aromatic heterocycles. The van der Waals surface area contributed by atoms with E-state index < -0.39 is 0 Å². The van der Waals surface area contributed by atoms with E-state index in [0.29, 0.717) is 0 Å². The molecule has 1 unspecified atom stereocenters. The molecule has 0 bridgehead atoms. The fraction of sp³-hybridized carbons (Fsp3) is 0.667. The summed E-state index contributed by atoms with van der Waals surface area (Å²) in [5.74, 6) is 0. The van der Waals surface area contributed by atoms with Gasteiger partial charge in [0.2, 0.25) is 0 Å². The highest BCUT2D eigenvalue weighted by Crippen LogP contribution is 2.33. The Morgan fingerprint density at radius 2 is 1.75 bits per heavy atom. The summed E-state index contributed by atoms with van der Waals surface area (Å²) >= 11 is 0. The molecule has 2 nitrogen and oxygen atoms in total. The van der Waals surface area contributed by atoms with Crippen molar-refractivity contribution in [3.63, 3.8) is 0 Å². The normalized spacial score (nSPS) is 15.1. The van der Waals surface area contributed by atoms with E-state index in [0.717, 1.165) is 32.4 Å². The smallest absolute Gasteiger partial charge is 0.0462 e. The first-order chi connectivity index (χ1) is 9.43. The predicted molar refractivity (Wildman–Crippen MR) is 87.3 cm³/mol. The van der Waals surface area contributed by atoms with Crippen LogP contribution in [0.15, 0.2) is 30.3 Å². The molecule has 0 amide bonds. The fourth-order valence-corrected chi connectivity index (χ4v) is 2.62. The Balaban J connectivity index is 2.90. The van der Waals surface area contributed by atoms with E-state index in [9.17, 15) is 0 Å². The molecule has 1 atom stereocenters. The summed E-state index contributed by atoms with van der Waals surface area (Å²) in [6, 6.07) is 10.9. The van der Waals surface area contributed by atoms with Crippen LogP contribution in [0.2, 0.25) is 0 Å². The van der Waals surface area contributed by atoms with Gasteiger partial charge in [0.15, 0.2) is 0 Å². The maximum Gasteiger partial charge on any atom is 0.0462 e. The van der Waals surface area contributed by atoms with Crippen molar-refractivity contribution in [1.82, 2.24) is 5.32 Å². The lowest BCUT2D eigenvalue weighted by Gasteiger charge is -2.37. The van der Waals surface area contributed by atoms with E-state index in [1.807, 2.05) is 0 Å².